The van der Waals surface area contributed by atoms with E-state index < -0.39 is 7.12 Å². The molecule has 1 saturated heterocycles. The van der Waals surface area contributed by atoms with Crippen molar-refractivity contribution in [3.05, 3.63) is 17.3 Å². The largest absolute Gasteiger partial charge is 0.498 e. The van der Waals surface area contributed by atoms with Gasteiger partial charge in [-0.25, -0.2) is 4.98 Å². The molecule has 0 bridgehead atoms. The number of nitrogens with two attached hydrogens (primary N) is 1. The first kappa shape index (κ1) is 13.4. The Morgan fingerprint density at radius 2 is 1.61 bits per heavy atom. The van der Waals surface area contributed by atoms with Gasteiger partial charge in [0.1, 0.15) is 5.82 Å². The number of aromatic nitrogens is 1. The minimum absolute atomic E-state index is 0.358. The predicted octanol–water partition coefficient (Wildman–Crippen LogP) is 1.58. The van der Waals surface area contributed by atoms with Crippen LogP contribution in [0.4, 0.5) is 5.82 Å². The molecule has 2 N–H and O–H groups in total. The molecule has 18 heavy (non-hydrogen) atoms. The Labute approximate surface area is 109 Å². The van der Waals surface area contributed by atoms with Gasteiger partial charge in [-0.05, 0) is 47.1 Å². The minimum Gasteiger partial charge on any atom is -0.399 e. The topological polar surface area (TPSA) is 57.4 Å². The molecule has 0 unspecified atom stereocenters. The van der Waals surface area contributed by atoms with Crippen LogP contribution in [-0.2, 0) is 9.31 Å². The van der Waals surface area contributed by atoms with E-state index in [0.29, 0.717) is 5.82 Å². The smallest absolute Gasteiger partial charge is 0.399 e. The van der Waals surface area contributed by atoms with Gasteiger partial charge in [0.2, 0.25) is 0 Å². The average molecular weight is 248 g/mol. The van der Waals surface area contributed by atoms with Crippen LogP contribution in [0.5, 0.6) is 0 Å². The average Bonchev–Trinajstić information content (AvgIpc) is 2.42. The zero-order valence-electron chi connectivity index (χ0n) is 12.0. The highest BCUT2D eigenvalue weighted by Gasteiger charge is 2.52. The second-order valence-corrected chi connectivity index (χ2v) is 5.95. The Kier molecular flexibility index (Phi) is 2.95. The van der Waals surface area contributed by atoms with Crippen LogP contribution in [0.25, 0.3) is 0 Å². The van der Waals surface area contributed by atoms with E-state index in [0.717, 1.165) is 16.7 Å². The number of anilines is 1. The summed E-state index contributed by atoms with van der Waals surface area (Å²) >= 11 is 0. The summed E-state index contributed by atoms with van der Waals surface area (Å²) in [6.45, 7) is 12.1. The highest BCUT2D eigenvalue weighted by atomic mass is 16.7. The summed E-state index contributed by atoms with van der Waals surface area (Å²) in [6, 6.07) is 2.00. The van der Waals surface area contributed by atoms with E-state index >= 15 is 0 Å². The van der Waals surface area contributed by atoms with Crippen LogP contribution >= 0.6 is 0 Å². The molecule has 1 aromatic heterocycles. The molecular weight excluding hydrogens is 227 g/mol. The highest BCUT2D eigenvalue weighted by Crippen LogP contribution is 2.36. The van der Waals surface area contributed by atoms with Gasteiger partial charge in [0, 0.05) is 11.2 Å². The van der Waals surface area contributed by atoms with Crippen molar-refractivity contribution in [1.82, 2.24) is 4.98 Å². The zero-order chi connectivity index (χ0) is 13.7. The van der Waals surface area contributed by atoms with E-state index in [9.17, 15) is 0 Å². The third-order valence-electron chi connectivity index (χ3n) is 4.03. The SMILES string of the molecule is Cc1cc(B2OC(C)(C)C(C)(C)O2)c(N)nc1C. The van der Waals surface area contributed by atoms with E-state index in [4.69, 9.17) is 15.0 Å². The lowest BCUT2D eigenvalue weighted by atomic mass is 9.78. The van der Waals surface area contributed by atoms with Crippen LogP contribution in [0.3, 0.4) is 0 Å². The fourth-order valence-electron chi connectivity index (χ4n) is 1.90. The normalized spacial score (nSPS) is 21.3. The molecule has 2 heterocycles. The summed E-state index contributed by atoms with van der Waals surface area (Å²) in [7, 11) is -0.443. The van der Waals surface area contributed by atoms with Gasteiger partial charge in [-0.15, -0.1) is 0 Å². The summed E-state index contributed by atoms with van der Waals surface area (Å²) < 4.78 is 12.0. The lowest BCUT2D eigenvalue weighted by molar-refractivity contribution is 0.00578. The number of hydrogen-bond acceptors (Lipinski definition) is 4. The molecule has 0 amide bonds. The summed E-state index contributed by atoms with van der Waals surface area (Å²) in [5.41, 5.74) is 8.11. The van der Waals surface area contributed by atoms with E-state index in [1.807, 2.05) is 47.6 Å². The molecule has 1 fully saturated rings. The van der Waals surface area contributed by atoms with Crippen molar-refractivity contribution in [3.63, 3.8) is 0 Å². The van der Waals surface area contributed by atoms with Crippen molar-refractivity contribution < 1.29 is 9.31 Å². The van der Waals surface area contributed by atoms with Crippen molar-refractivity contribution in [3.8, 4) is 0 Å². The van der Waals surface area contributed by atoms with Gasteiger partial charge < -0.3 is 15.0 Å². The maximum Gasteiger partial charge on any atom is 0.498 e. The van der Waals surface area contributed by atoms with Crippen LogP contribution in [0, 0.1) is 13.8 Å². The van der Waals surface area contributed by atoms with E-state index in [-0.39, 0.29) is 11.2 Å². The summed E-state index contributed by atoms with van der Waals surface area (Å²) in [6.07, 6.45) is 0. The zero-order valence-corrected chi connectivity index (χ0v) is 12.0. The molecule has 0 atom stereocenters. The standard InChI is InChI=1S/C13H21BN2O2/c1-8-7-10(11(15)16-9(8)2)14-17-12(3,4)13(5,6)18-14/h7H,1-6H3,(H2,15,16). The number of nitrogen functional groups attached to an aromatic ring is 1. The van der Waals surface area contributed by atoms with E-state index in [1.165, 1.54) is 0 Å². The molecule has 0 aromatic carbocycles. The molecule has 5 heteroatoms. The van der Waals surface area contributed by atoms with Gasteiger partial charge in [0.15, 0.2) is 0 Å². The Hall–Kier alpha value is -1.07. The monoisotopic (exact) mass is 248 g/mol. The summed E-state index contributed by atoms with van der Waals surface area (Å²) in [5, 5.41) is 0. The van der Waals surface area contributed by atoms with Gasteiger partial charge in [-0.3, -0.25) is 0 Å². The fourth-order valence-corrected chi connectivity index (χ4v) is 1.90. The number of rotatable bonds is 1. The molecule has 1 aliphatic heterocycles. The van der Waals surface area contributed by atoms with Crippen molar-refractivity contribution in [2.45, 2.75) is 52.7 Å². The summed E-state index contributed by atoms with van der Waals surface area (Å²) in [5.74, 6) is 0.483. The van der Waals surface area contributed by atoms with E-state index in [1.54, 1.807) is 0 Å². The number of pyridine rings is 1. The Morgan fingerprint density at radius 1 is 1.11 bits per heavy atom. The van der Waals surface area contributed by atoms with Crippen LogP contribution in [0.15, 0.2) is 6.07 Å². The number of nitrogens with zero attached hydrogens (tertiary/aromatic N) is 1. The van der Waals surface area contributed by atoms with Gasteiger partial charge >= 0.3 is 7.12 Å². The fraction of sp³-hybridized carbons (Fsp3) is 0.615. The molecule has 0 aliphatic carbocycles. The van der Waals surface area contributed by atoms with Gasteiger partial charge in [0.05, 0.1) is 11.2 Å². The molecule has 98 valence electrons. The first-order chi connectivity index (χ1) is 8.14. The predicted molar refractivity (Wildman–Crippen MR) is 73.8 cm³/mol. The first-order valence-corrected chi connectivity index (χ1v) is 6.23. The number of aryl methyl sites for hydroxylation is 2. The third-order valence-corrected chi connectivity index (χ3v) is 4.03. The van der Waals surface area contributed by atoms with Crippen LogP contribution in [-0.4, -0.2) is 23.3 Å². The van der Waals surface area contributed by atoms with Crippen molar-refractivity contribution in [1.29, 1.82) is 0 Å². The van der Waals surface area contributed by atoms with Gasteiger partial charge in [-0.1, -0.05) is 6.07 Å². The maximum absolute atomic E-state index is 5.98. The van der Waals surface area contributed by atoms with Crippen LogP contribution in [0.2, 0.25) is 0 Å². The lowest BCUT2D eigenvalue weighted by Gasteiger charge is -2.32. The second-order valence-electron chi connectivity index (χ2n) is 5.95. The van der Waals surface area contributed by atoms with Crippen molar-refractivity contribution >= 4 is 18.4 Å². The third kappa shape index (κ3) is 2.02. The molecule has 1 aromatic rings. The van der Waals surface area contributed by atoms with Crippen LogP contribution in [0.1, 0.15) is 39.0 Å². The van der Waals surface area contributed by atoms with Gasteiger partial charge in [0.25, 0.3) is 0 Å². The quantitative estimate of drug-likeness (QED) is 0.766. The van der Waals surface area contributed by atoms with Crippen molar-refractivity contribution in [2.75, 3.05) is 5.73 Å². The minimum atomic E-state index is -0.443. The van der Waals surface area contributed by atoms with E-state index in [2.05, 4.69) is 4.98 Å². The molecule has 0 saturated carbocycles. The van der Waals surface area contributed by atoms with Crippen molar-refractivity contribution in [2.24, 2.45) is 0 Å². The molecule has 0 radical (unpaired) electrons. The summed E-state index contributed by atoms with van der Waals surface area (Å²) in [4.78, 5) is 4.33. The second kappa shape index (κ2) is 3.97. The molecule has 0 spiro atoms. The molecule has 1 aliphatic rings. The Balaban J connectivity index is 2.38. The first-order valence-electron chi connectivity index (χ1n) is 6.23. The molecule has 2 rings (SSSR count). The Bertz CT molecular complexity index is 470. The highest BCUT2D eigenvalue weighted by molar-refractivity contribution is 6.63. The van der Waals surface area contributed by atoms with Gasteiger partial charge in [-0.2, -0.15) is 0 Å². The van der Waals surface area contributed by atoms with Crippen LogP contribution < -0.4 is 11.2 Å². The Morgan fingerprint density at radius 3 is 2.11 bits per heavy atom. The lowest BCUT2D eigenvalue weighted by Crippen LogP contribution is -2.41. The molecular formula is C13H21BN2O2. The number of hydrogen-bond donors (Lipinski definition) is 1. The maximum atomic E-state index is 5.98. The molecule has 4 nitrogen and oxygen atoms in total.